The molecule has 0 aliphatic carbocycles. The minimum atomic E-state index is -0.552. The van der Waals surface area contributed by atoms with E-state index in [9.17, 15) is 14.0 Å². The summed E-state index contributed by atoms with van der Waals surface area (Å²) in [5, 5.41) is 9.02. The summed E-state index contributed by atoms with van der Waals surface area (Å²) in [6, 6.07) is 11.2. The van der Waals surface area contributed by atoms with Crippen molar-refractivity contribution in [1.82, 2.24) is 20.2 Å². The van der Waals surface area contributed by atoms with E-state index in [1.54, 1.807) is 24.3 Å². The van der Waals surface area contributed by atoms with Crippen molar-refractivity contribution in [2.24, 2.45) is 0 Å². The Balaban J connectivity index is 1.48. The predicted octanol–water partition coefficient (Wildman–Crippen LogP) is 5.42. The molecular weight excluding hydrogens is 529 g/mol. The molecule has 0 saturated heterocycles. The number of urea groups is 1. The summed E-state index contributed by atoms with van der Waals surface area (Å²) in [6.07, 6.45) is 2.29. The van der Waals surface area contributed by atoms with Gasteiger partial charge in [0.15, 0.2) is 0 Å². The van der Waals surface area contributed by atoms with Gasteiger partial charge in [-0.15, -0.1) is 11.3 Å². The zero-order valence-electron chi connectivity index (χ0n) is 22.9. The van der Waals surface area contributed by atoms with Crippen molar-refractivity contribution in [3.63, 3.8) is 0 Å². The molecule has 40 heavy (non-hydrogen) atoms. The lowest BCUT2D eigenvalue weighted by molar-refractivity contribution is -0.121. The Kier molecular flexibility index (Phi) is 9.62. The number of amides is 3. The Bertz CT molecular complexity index is 1490. The Hall–Kier alpha value is -4.09. The monoisotopic (exact) mass is 563 g/mol. The summed E-state index contributed by atoms with van der Waals surface area (Å²) in [4.78, 5) is 37.6. The number of aromatic nitrogens is 2. The normalized spacial score (nSPS) is 11.1. The third-order valence-corrected chi connectivity index (χ3v) is 7.77. The number of benzene rings is 2. The Labute approximate surface area is 237 Å². The average Bonchev–Trinajstić information content (AvgIpc) is 3.32. The van der Waals surface area contributed by atoms with E-state index >= 15 is 0 Å². The molecule has 0 spiro atoms. The first-order valence-corrected chi connectivity index (χ1v) is 14.1. The first-order valence-electron chi connectivity index (χ1n) is 13.2. The molecule has 0 radical (unpaired) electrons. The fourth-order valence-electron chi connectivity index (χ4n) is 4.43. The number of hydrogen-bond acceptors (Lipinski definition) is 7. The number of anilines is 3. The molecule has 0 aliphatic heterocycles. The predicted molar refractivity (Wildman–Crippen MR) is 160 cm³/mol. The maximum Gasteiger partial charge on any atom is 0.323 e. The Morgan fingerprint density at radius 3 is 2.52 bits per heavy atom. The van der Waals surface area contributed by atoms with Crippen molar-refractivity contribution in [3.05, 3.63) is 65.0 Å². The Morgan fingerprint density at radius 2 is 1.80 bits per heavy atom. The number of halogens is 1. The summed E-state index contributed by atoms with van der Waals surface area (Å²) in [5.41, 5.74) is 9.47. The molecule has 3 amide bonds. The number of hydrogen-bond donors (Lipinski definition) is 4. The summed E-state index contributed by atoms with van der Waals surface area (Å²) in [7, 11) is 0. The van der Waals surface area contributed by atoms with Gasteiger partial charge in [-0.3, -0.25) is 4.79 Å². The molecule has 0 unspecified atom stereocenters. The summed E-state index contributed by atoms with van der Waals surface area (Å²) < 4.78 is 14.0. The molecule has 0 atom stereocenters. The second-order valence-corrected chi connectivity index (χ2v) is 10.4. The van der Waals surface area contributed by atoms with Crippen LogP contribution in [-0.2, 0) is 11.2 Å². The van der Waals surface area contributed by atoms with Crippen molar-refractivity contribution in [3.8, 4) is 11.1 Å². The number of fused-ring (bicyclic) bond motifs is 1. The minimum absolute atomic E-state index is 0.00905. The molecule has 2 aromatic heterocycles. The summed E-state index contributed by atoms with van der Waals surface area (Å²) in [6.45, 7) is 9.35. The van der Waals surface area contributed by atoms with E-state index in [-0.39, 0.29) is 11.6 Å². The number of carbonyl (C=O) groups excluding carboxylic acids is 2. The fraction of sp³-hybridized carbons (Fsp3) is 0.310. The summed E-state index contributed by atoms with van der Waals surface area (Å²) >= 11 is 1.49. The number of rotatable bonds is 11. The van der Waals surface area contributed by atoms with Crippen LogP contribution in [0.3, 0.4) is 0 Å². The van der Waals surface area contributed by atoms with Crippen LogP contribution in [0.5, 0.6) is 0 Å². The van der Waals surface area contributed by atoms with Gasteiger partial charge in [0.25, 0.3) is 0 Å². The number of thiophene rings is 1. The van der Waals surface area contributed by atoms with Gasteiger partial charge < -0.3 is 26.6 Å². The van der Waals surface area contributed by atoms with Gasteiger partial charge >= 0.3 is 6.03 Å². The molecule has 2 aromatic carbocycles. The van der Waals surface area contributed by atoms with Crippen molar-refractivity contribution < 1.29 is 14.0 Å². The lowest BCUT2D eigenvalue weighted by Gasteiger charge is -2.17. The lowest BCUT2D eigenvalue weighted by atomic mass is 10.0. The third-order valence-electron chi connectivity index (χ3n) is 6.62. The van der Waals surface area contributed by atoms with Crippen molar-refractivity contribution in [2.45, 2.75) is 33.6 Å². The van der Waals surface area contributed by atoms with Crippen molar-refractivity contribution in [1.29, 1.82) is 0 Å². The van der Waals surface area contributed by atoms with Crippen LogP contribution in [-0.4, -0.2) is 53.0 Å². The van der Waals surface area contributed by atoms with E-state index in [2.05, 4.69) is 44.7 Å². The topological polar surface area (TPSA) is 125 Å². The zero-order chi connectivity index (χ0) is 28.6. The van der Waals surface area contributed by atoms with Gasteiger partial charge in [0.1, 0.15) is 22.8 Å². The molecule has 9 nitrogen and oxygen atoms in total. The van der Waals surface area contributed by atoms with Crippen LogP contribution < -0.4 is 21.7 Å². The molecular formula is C29H34FN7O2S. The molecule has 210 valence electrons. The van der Waals surface area contributed by atoms with Gasteiger partial charge in [-0.2, -0.15) is 0 Å². The van der Waals surface area contributed by atoms with Gasteiger partial charge in [-0.05, 0) is 61.8 Å². The number of likely N-dealkylation sites (N-methyl/N-ethyl adjacent to an activating group) is 1. The molecule has 11 heteroatoms. The van der Waals surface area contributed by atoms with Gasteiger partial charge in [0, 0.05) is 35.6 Å². The number of nitrogen functional groups attached to an aromatic ring is 1. The smallest absolute Gasteiger partial charge is 0.323 e. The summed E-state index contributed by atoms with van der Waals surface area (Å²) in [5.74, 6) is -0.150. The molecule has 0 bridgehead atoms. The highest BCUT2D eigenvalue weighted by atomic mass is 32.1. The zero-order valence-corrected chi connectivity index (χ0v) is 23.7. The molecule has 5 N–H and O–H groups in total. The molecule has 4 rings (SSSR count). The van der Waals surface area contributed by atoms with Crippen LogP contribution in [0.25, 0.3) is 21.3 Å². The molecule has 0 aliphatic rings. The number of nitrogens with zero attached hydrogens (tertiary/aromatic N) is 3. The maximum absolute atomic E-state index is 14.0. The van der Waals surface area contributed by atoms with Crippen LogP contribution in [0, 0.1) is 12.7 Å². The number of nitrogens with two attached hydrogens (primary N) is 1. The van der Waals surface area contributed by atoms with Crippen LogP contribution in [0.15, 0.2) is 48.8 Å². The molecule has 4 aromatic rings. The second kappa shape index (κ2) is 13.3. The first kappa shape index (κ1) is 28.9. The highest BCUT2D eigenvalue weighted by Gasteiger charge is 2.19. The van der Waals surface area contributed by atoms with E-state index in [4.69, 9.17) is 5.73 Å². The largest absolute Gasteiger partial charge is 0.383 e. The van der Waals surface area contributed by atoms with Crippen molar-refractivity contribution in [2.75, 3.05) is 42.5 Å². The Morgan fingerprint density at radius 1 is 1.05 bits per heavy atom. The van der Waals surface area contributed by atoms with E-state index < -0.39 is 11.8 Å². The SMILES string of the molecule is CCN(CC)CCNC(=O)CCc1sc2ncnc(N)c2c1-c1ccc(NC(=O)Nc2cc(C)ccc2F)cc1. The van der Waals surface area contributed by atoms with E-state index in [0.717, 1.165) is 51.4 Å². The highest BCUT2D eigenvalue weighted by Crippen LogP contribution is 2.41. The molecule has 0 fully saturated rings. The number of aryl methyl sites for hydroxylation is 2. The van der Waals surface area contributed by atoms with Crippen LogP contribution in [0.2, 0.25) is 0 Å². The van der Waals surface area contributed by atoms with Gasteiger partial charge in [-0.25, -0.2) is 19.2 Å². The quantitative estimate of drug-likeness (QED) is 0.193. The molecule has 0 saturated carbocycles. The van der Waals surface area contributed by atoms with Crippen LogP contribution >= 0.6 is 11.3 Å². The highest BCUT2D eigenvalue weighted by molar-refractivity contribution is 7.19. The van der Waals surface area contributed by atoms with E-state index in [1.165, 1.54) is 23.7 Å². The number of carbonyl (C=O) groups is 2. The third kappa shape index (κ3) is 7.10. The van der Waals surface area contributed by atoms with Crippen LogP contribution in [0.1, 0.15) is 30.7 Å². The fourth-order valence-corrected chi connectivity index (χ4v) is 5.60. The minimum Gasteiger partial charge on any atom is -0.383 e. The van der Waals surface area contributed by atoms with Gasteiger partial charge in [0.2, 0.25) is 5.91 Å². The molecule has 2 heterocycles. The van der Waals surface area contributed by atoms with E-state index in [0.29, 0.717) is 30.9 Å². The maximum atomic E-state index is 14.0. The van der Waals surface area contributed by atoms with E-state index in [1.807, 2.05) is 19.1 Å². The number of nitrogens with one attached hydrogen (secondary N) is 3. The van der Waals surface area contributed by atoms with Gasteiger partial charge in [0.05, 0.1) is 11.1 Å². The second-order valence-electron chi connectivity index (χ2n) is 9.36. The average molecular weight is 564 g/mol. The van der Waals surface area contributed by atoms with Gasteiger partial charge in [-0.1, -0.05) is 32.0 Å². The van der Waals surface area contributed by atoms with Crippen LogP contribution in [0.4, 0.5) is 26.4 Å². The first-order chi connectivity index (χ1) is 19.3. The van der Waals surface area contributed by atoms with Crippen molar-refractivity contribution >= 4 is 50.7 Å². The standard InChI is InChI=1S/C29H34FN7O2S/c1-4-37(5-2)15-14-32-24(38)13-12-23-25(26-27(31)33-17-34-28(26)40-23)19-7-9-20(10-8-19)35-29(39)36-22-16-18(3)6-11-21(22)30/h6-11,16-17H,4-5,12-15H2,1-3H3,(H,32,38)(H2,31,33,34)(H2,35,36,39). The lowest BCUT2D eigenvalue weighted by Crippen LogP contribution is -2.34.